The number of aromatic nitrogens is 5. The number of imidazole rings is 1. The van der Waals surface area contributed by atoms with Gasteiger partial charge in [-0.2, -0.15) is 5.10 Å². The first-order valence-electron chi connectivity index (χ1n) is 7.14. The number of thiophene rings is 1. The molecule has 4 heterocycles. The highest BCUT2D eigenvalue weighted by molar-refractivity contribution is 7.13. The van der Waals surface area contributed by atoms with Gasteiger partial charge in [0.05, 0.1) is 22.5 Å². The van der Waals surface area contributed by atoms with Gasteiger partial charge in [0.1, 0.15) is 12.1 Å². The van der Waals surface area contributed by atoms with Gasteiger partial charge < -0.3 is 5.32 Å². The molecule has 7 nitrogen and oxygen atoms in total. The number of hydrogen-bond donors (Lipinski definition) is 2. The molecule has 0 unspecified atom stereocenters. The summed E-state index contributed by atoms with van der Waals surface area (Å²) in [6, 6.07) is 9.24. The van der Waals surface area contributed by atoms with E-state index in [2.05, 4.69) is 25.5 Å². The van der Waals surface area contributed by atoms with Crippen molar-refractivity contribution in [3.63, 3.8) is 0 Å². The Hall–Kier alpha value is -3.26. The number of hydrogen-bond acceptors (Lipinski definition) is 5. The van der Waals surface area contributed by atoms with Crippen LogP contribution in [0.2, 0.25) is 0 Å². The first-order valence-corrected chi connectivity index (χ1v) is 8.02. The second-order valence-corrected chi connectivity index (χ2v) is 5.92. The quantitative estimate of drug-likeness (QED) is 0.600. The monoisotopic (exact) mass is 336 g/mol. The summed E-state index contributed by atoms with van der Waals surface area (Å²) in [6.45, 7) is 0. The molecule has 0 aliphatic rings. The summed E-state index contributed by atoms with van der Waals surface area (Å²) in [5, 5.41) is 11.7. The summed E-state index contributed by atoms with van der Waals surface area (Å²) >= 11 is 1.58. The minimum atomic E-state index is -0.286. The molecule has 4 aromatic rings. The number of nitrogens with zero attached hydrogens (tertiary/aromatic N) is 4. The fourth-order valence-electron chi connectivity index (χ4n) is 2.20. The van der Waals surface area contributed by atoms with E-state index in [4.69, 9.17) is 0 Å². The molecule has 8 heteroatoms. The van der Waals surface area contributed by atoms with Gasteiger partial charge in [-0.25, -0.2) is 9.97 Å². The van der Waals surface area contributed by atoms with Crippen LogP contribution in [0.3, 0.4) is 0 Å². The first kappa shape index (κ1) is 14.3. The Morgan fingerprint density at radius 1 is 1.29 bits per heavy atom. The van der Waals surface area contributed by atoms with Crippen LogP contribution >= 0.6 is 11.3 Å². The number of nitrogens with one attached hydrogen (secondary N) is 2. The molecular weight excluding hydrogens is 324 g/mol. The largest absolute Gasteiger partial charge is 0.319 e. The lowest BCUT2D eigenvalue weighted by Gasteiger charge is -2.04. The lowest BCUT2D eigenvalue weighted by atomic mass is 10.3. The van der Waals surface area contributed by atoms with Gasteiger partial charge in [-0.3, -0.25) is 14.5 Å². The van der Waals surface area contributed by atoms with E-state index < -0.39 is 0 Å². The van der Waals surface area contributed by atoms with Gasteiger partial charge in [0.2, 0.25) is 0 Å². The lowest BCUT2D eigenvalue weighted by molar-refractivity contribution is 0.102. The third-order valence-electron chi connectivity index (χ3n) is 3.37. The topological polar surface area (TPSA) is 88.5 Å². The fraction of sp³-hybridized carbons (Fsp3) is 0. The first-order chi connectivity index (χ1) is 11.8. The van der Waals surface area contributed by atoms with Crippen molar-refractivity contribution in [2.45, 2.75) is 0 Å². The van der Waals surface area contributed by atoms with Crippen LogP contribution in [0.5, 0.6) is 0 Å². The van der Waals surface area contributed by atoms with Crippen molar-refractivity contribution in [2.75, 3.05) is 5.32 Å². The summed E-state index contributed by atoms with van der Waals surface area (Å²) in [6.07, 6.45) is 6.74. The normalized spacial score (nSPS) is 10.7. The molecule has 0 bridgehead atoms. The van der Waals surface area contributed by atoms with Crippen LogP contribution in [0.4, 0.5) is 5.69 Å². The predicted octanol–water partition coefficient (Wildman–Crippen LogP) is 2.97. The van der Waals surface area contributed by atoms with Crippen molar-refractivity contribution < 1.29 is 4.79 Å². The molecule has 0 spiro atoms. The number of carbonyl (C=O) groups is 1. The van der Waals surface area contributed by atoms with E-state index in [0.717, 1.165) is 16.4 Å². The summed E-state index contributed by atoms with van der Waals surface area (Å²) in [7, 11) is 0. The summed E-state index contributed by atoms with van der Waals surface area (Å²) in [5.74, 6) is 0.441. The zero-order valence-corrected chi connectivity index (χ0v) is 13.2. The van der Waals surface area contributed by atoms with Gasteiger partial charge in [0.15, 0.2) is 5.69 Å². The van der Waals surface area contributed by atoms with Crippen molar-refractivity contribution in [2.24, 2.45) is 0 Å². The molecule has 24 heavy (non-hydrogen) atoms. The zero-order valence-electron chi connectivity index (χ0n) is 12.4. The molecule has 0 fully saturated rings. The maximum atomic E-state index is 12.3. The number of rotatable bonds is 4. The average Bonchev–Trinajstić information content (AvgIpc) is 3.35. The summed E-state index contributed by atoms with van der Waals surface area (Å²) < 4.78 is 1.78. The van der Waals surface area contributed by atoms with Gasteiger partial charge in [-0.05, 0) is 29.6 Å². The Kier molecular flexibility index (Phi) is 3.64. The molecule has 0 aromatic carbocycles. The van der Waals surface area contributed by atoms with Crippen LogP contribution in [0, 0.1) is 0 Å². The summed E-state index contributed by atoms with van der Waals surface area (Å²) in [4.78, 5) is 21.6. The Morgan fingerprint density at radius 3 is 2.96 bits per heavy atom. The number of anilines is 1. The van der Waals surface area contributed by atoms with E-state index in [1.54, 1.807) is 59.0 Å². The van der Waals surface area contributed by atoms with Gasteiger partial charge in [-0.1, -0.05) is 6.07 Å². The Morgan fingerprint density at radius 2 is 2.25 bits per heavy atom. The highest BCUT2D eigenvalue weighted by Crippen LogP contribution is 2.23. The van der Waals surface area contributed by atoms with Gasteiger partial charge >= 0.3 is 0 Å². The highest BCUT2D eigenvalue weighted by atomic mass is 32.1. The van der Waals surface area contributed by atoms with Crippen molar-refractivity contribution in [3.8, 4) is 16.4 Å². The summed E-state index contributed by atoms with van der Waals surface area (Å²) in [5.41, 5.74) is 1.75. The van der Waals surface area contributed by atoms with Crippen molar-refractivity contribution >= 4 is 22.9 Å². The maximum Gasteiger partial charge on any atom is 0.276 e. The SMILES string of the molecule is O=C(Nc1ccc(-n2ccnc2)nc1)c1cc(-c2cccs2)[nH]n1. The smallest absolute Gasteiger partial charge is 0.276 e. The second kappa shape index (κ2) is 6.09. The van der Waals surface area contributed by atoms with E-state index >= 15 is 0 Å². The highest BCUT2D eigenvalue weighted by Gasteiger charge is 2.12. The third kappa shape index (κ3) is 2.82. The van der Waals surface area contributed by atoms with Gasteiger partial charge in [0, 0.05) is 12.4 Å². The van der Waals surface area contributed by atoms with Crippen LogP contribution < -0.4 is 5.32 Å². The molecule has 0 saturated carbocycles. The molecule has 2 N–H and O–H groups in total. The van der Waals surface area contributed by atoms with Crippen LogP contribution in [0.15, 0.2) is 60.6 Å². The van der Waals surface area contributed by atoms with E-state index in [1.807, 2.05) is 17.5 Å². The molecule has 118 valence electrons. The lowest BCUT2D eigenvalue weighted by Crippen LogP contribution is -2.12. The second-order valence-electron chi connectivity index (χ2n) is 4.97. The van der Waals surface area contributed by atoms with Crippen LogP contribution in [-0.4, -0.2) is 30.6 Å². The van der Waals surface area contributed by atoms with Crippen molar-refractivity contribution in [1.82, 2.24) is 24.7 Å². The van der Waals surface area contributed by atoms with Gasteiger partial charge in [-0.15, -0.1) is 11.3 Å². The molecule has 0 radical (unpaired) electrons. The number of aromatic amines is 1. The molecule has 1 amide bonds. The Balaban J connectivity index is 1.48. The molecule has 4 aromatic heterocycles. The zero-order chi connectivity index (χ0) is 16.4. The third-order valence-corrected chi connectivity index (χ3v) is 4.27. The Labute approximate surface area is 141 Å². The molecule has 0 aliphatic heterocycles. The standard InChI is InChI=1S/C16H12N6OS/c23-16(13-8-12(20-21-13)14-2-1-7-24-14)19-11-3-4-15(18-9-11)22-6-5-17-10-22/h1-10H,(H,19,23)(H,20,21). The molecule has 0 atom stereocenters. The number of H-pyrrole nitrogens is 1. The van der Waals surface area contributed by atoms with E-state index in [0.29, 0.717) is 11.4 Å². The minimum absolute atomic E-state index is 0.286. The van der Waals surface area contributed by atoms with E-state index in [-0.39, 0.29) is 5.91 Å². The van der Waals surface area contributed by atoms with Crippen LogP contribution in [-0.2, 0) is 0 Å². The molecule has 0 aliphatic carbocycles. The maximum absolute atomic E-state index is 12.3. The fourth-order valence-corrected chi connectivity index (χ4v) is 2.89. The number of amides is 1. The van der Waals surface area contributed by atoms with Crippen LogP contribution in [0.1, 0.15) is 10.5 Å². The van der Waals surface area contributed by atoms with E-state index in [1.165, 1.54) is 0 Å². The average molecular weight is 336 g/mol. The Bertz CT molecular complexity index is 941. The number of pyridine rings is 1. The molecule has 0 saturated heterocycles. The molecule has 4 rings (SSSR count). The molecular formula is C16H12N6OS. The van der Waals surface area contributed by atoms with Crippen molar-refractivity contribution in [1.29, 1.82) is 0 Å². The van der Waals surface area contributed by atoms with Gasteiger partial charge in [0.25, 0.3) is 5.91 Å². The van der Waals surface area contributed by atoms with Crippen LogP contribution in [0.25, 0.3) is 16.4 Å². The van der Waals surface area contributed by atoms with Crippen molar-refractivity contribution in [3.05, 3.63) is 66.3 Å². The van der Waals surface area contributed by atoms with E-state index in [9.17, 15) is 4.79 Å². The minimum Gasteiger partial charge on any atom is -0.319 e. The number of carbonyl (C=O) groups excluding carboxylic acids is 1. The predicted molar refractivity (Wildman–Crippen MR) is 91.2 cm³/mol.